The van der Waals surface area contributed by atoms with Gasteiger partial charge in [-0.05, 0) is 85.6 Å². The lowest BCUT2D eigenvalue weighted by Gasteiger charge is -2.13. The summed E-state index contributed by atoms with van der Waals surface area (Å²) in [7, 11) is 0. The van der Waals surface area contributed by atoms with E-state index >= 15 is 0 Å². The molecular formula is C27H34FN3O2. The maximum Gasteiger partial charge on any atom is 0.231 e. The van der Waals surface area contributed by atoms with E-state index < -0.39 is 12.1 Å². The van der Waals surface area contributed by atoms with E-state index in [-0.39, 0.29) is 12.3 Å². The number of anilines is 1. The lowest BCUT2D eigenvalue weighted by molar-refractivity contribution is -0.117. The second-order valence-electron chi connectivity index (χ2n) is 8.14. The fraction of sp³-hybridized carbons (Fsp3) is 0.370. The zero-order valence-corrected chi connectivity index (χ0v) is 20.2. The summed E-state index contributed by atoms with van der Waals surface area (Å²) in [4.78, 5) is 16.4. The highest BCUT2D eigenvalue weighted by Gasteiger charge is 2.43. The highest BCUT2D eigenvalue weighted by molar-refractivity contribution is 6.01. The number of carbonyl (C=O) groups is 1. The molecule has 2 rings (SSSR count). The second-order valence-corrected chi connectivity index (χ2v) is 8.14. The maximum absolute atomic E-state index is 13.1. The normalized spacial score (nSPS) is 19.7. The monoisotopic (exact) mass is 451 g/mol. The summed E-state index contributed by atoms with van der Waals surface area (Å²) in [5, 5.41) is 15.2. The number of allylic oxidation sites excluding steroid dienone is 8. The molecule has 33 heavy (non-hydrogen) atoms. The van der Waals surface area contributed by atoms with E-state index in [9.17, 15) is 14.4 Å². The van der Waals surface area contributed by atoms with Crippen molar-refractivity contribution in [3.05, 3.63) is 76.6 Å². The fourth-order valence-electron chi connectivity index (χ4n) is 3.47. The molecule has 1 aliphatic carbocycles. The molecular weight excluding hydrogens is 417 g/mol. The second kappa shape index (κ2) is 12.1. The van der Waals surface area contributed by atoms with Gasteiger partial charge in [0.25, 0.3) is 0 Å². The van der Waals surface area contributed by atoms with Gasteiger partial charge in [-0.2, -0.15) is 0 Å². The van der Waals surface area contributed by atoms with Crippen molar-refractivity contribution < 1.29 is 14.4 Å². The molecule has 1 aliphatic rings. The number of amides is 1. The quantitative estimate of drug-likeness (QED) is 0.179. The third-order valence-corrected chi connectivity index (χ3v) is 5.54. The van der Waals surface area contributed by atoms with Crippen LogP contribution in [-0.4, -0.2) is 28.0 Å². The lowest BCUT2D eigenvalue weighted by Crippen LogP contribution is -2.16. The van der Waals surface area contributed by atoms with E-state index in [1.165, 1.54) is 0 Å². The van der Waals surface area contributed by atoms with Crippen LogP contribution in [0.15, 0.2) is 70.6 Å². The Kier molecular flexibility index (Phi) is 9.52. The maximum atomic E-state index is 13.1. The van der Waals surface area contributed by atoms with Gasteiger partial charge < -0.3 is 10.5 Å². The van der Waals surface area contributed by atoms with Gasteiger partial charge in [0, 0.05) is 6.20 Å². The largest absolute Gasteiger partial charge is 0.411 e. The highest BCUT2D eigenvalue weighted by atomic mass is 19.1. The molecule has 1 heterocycles. The average Bonchev–Trinajstić information content (AvgIpc) is 3.51. The number of rotatable bonds is 10. The van der Waals surface area contributed by atoms with Gasteiger partial charge in [0.15, 0.2) is 0 Å². The first kappa shape index (κ1) is 26.0. The molecule has 2 atom stereocenters. The third-order valence-electron chi connectivity index (χ3n) is 5.54. The lowest BCUT2D eigenvalue weighted by atomic mass is 9.93. The SMILES string of the molecule is C=C(\C=C(C)/C(=C\C)C(/C=C/CC)=C/c1cnc(NC(=O)C2CC2F)cc1C)/C(CC)=N\O. The zero-order valence-electron chi connectivity index (χ0n) is 20.2. The summed E-state index contributed by atoms with van der Waals surface area (Å²) in [6.07, 6.45) is 12.6. The predicted molar refractivity (Wildman–Crippen MR) is 134 cm³/mol. The van der Waals surface area contributed by atoms with E-state index in [0.717, 1.165) is 34.3 Å². The first-order chi connectivity index (χ1) is 15.7. The molecule has 176 valence electrons. The molecule has 6 heteroatoms. The van der Waals surface area contributed by atoms with E-state index in [1.54, 1.807) is 12.3 Å². The predicted octanol–water partition coefficient (Wildman–Crippen LogP) is 6.73. The first-order valence-electron chi connectivity index (χ1n) is 11.3. The van der Waals surface area contributed by atoms with Gasteiger partial charge in [0.2, 0.25) is 5.91 Å². The number of halogens is 1. The van der Waals surface area contributed by atoms with Crippen molar-refractivity contribution in [2.24, 2.45) is 11.1 Å². The van der Waals surface area contributed by atoms with Crippen molar-refractivity contribution in [1.82, 2.24) is 4.98 Å². The summed E-state index contributed by atoms with van der Waals surface area (Å²) < 4.78 is 13.1. The van der Waals surface area contributed by atoms with Gasteiger partial charge in [-0.15, -0.1) is 0 Å². The van der Waals surface area contributed by atoms with Crippen molar-refractivity contribution in [2.75, 3.05) is 5.32 Å². The van der Waals surface area contributed by atoms with E-state index in [0.29, 0.717) is 23.5 Å². The van der Waals surface area contributed by atoms with Gasteiger partial charge in [0.05, 0.1) is 11.6 Å². The summed E-state index contributed by atoms with van der Waals surface area (Å²) in [5.41, 5.74) is 6.08. The molecule has 0 bridgehead atoms. The van der Waals surface area contributed by atoms with E-state index in [1.807, 2.05) is 39.8 Å². The standard InChI is InChI=1S/C27H34FN3O2/c1-7-10-11-20(22(8-2)18(5)12-19(6)25(9-3)31-33)14-21-16-29-26(13-17(21)4)30-27(32)23-15-24(23)28/h8,10-14,16,23-24,33H,6-7,9,15H2,1-5H3,(H,29,30,32)/b11-10+,18-12-,20-14+,22-8+,31-25-. The number of hydrogen-bond donors (Lipinski definition) is 2. The van der Waals surface area contributed by atoms with Crippen LogP contribution >= 0.6 is 0 Å². The Morgan fingerprint density at radius 3 is 2.64 bits per heavy atom. The number of aryl methyl sites for hydroxylation is 1. The molecule has 1 aromatic rings. The fourth-order valence-corrected chi connectivity index (χ4v) is 3.47. The number of nitrogens with zero attached hydrogens (tertiary/aromatic N) is 2. The molecule has 2 unspecified atom stereocenters. The average molecular weight is 452 g/mol. The number of hydrogen-bond acceptors (Lipinski definition) is 4. The van der Waals surface area contributed by atoms with Gasteiger partial charge in [0.1, 0.15) is 12.0 Å². The first-order valence-corrected chi connectivity index (χ1v) is 11.3. The Morgan fingerprint density at radius 1 is 1.42 bits per heavy atom. The van der Waals surface area contributed by atoms with Gasteiger partial charge >= 0.3 is 0 Å². The van der Waals surface area contributed by atoms with Gasteiger partial charge in [-0.3, -0.25) is 4.79 Å². The van der Waals surface area contributed by atoms with Crippen molar-refractivity contribution in [2.45, 2.75) is 60.1 Å². The van der Waals surface area contributed by atoms with Crippen molar-refractivity contribution in [1.29, 1.82) is 0 Å². The van der Waals surface area contributed by atoms with Crippen LogP contribution < -0.4 is 5.32 Å². The van der Waals surface area contributed by atoms with Crippen LogP contribution in [0.25, 0.3) is 6.08 Å². The van der Waals surface area contributed by atoms with Crippen LogP contribution in [0.3, 0.4) is 0 Å². The zero-order chi connectivity index (χ0) is 24.5. The van der Waals surface area contributed by atoms with Crippen LogP contribution in [0.2, 0.25) is 0 Å². The van der Waals surface area contributed by atoms with Crippen LogP contribution in [0.1, 0.15) is 58.1 Å². The molecule has 2 N–H and O–H groups in total. The number of pyridine rings is 1. The van der Waals surface area contributed by atoms with Crippen molar-refractivity contribution in [3.63, 3.8) is 0 Å². The molecule has 1 fully saturated rings. The minimum Gasteiger partial charge on any atom is -0.411 e. The minimum atomic E-state index is -1.04. The molecule has 1 saturated carbocycles. The minimum absolute atomic E-state index is 0.286. The molecule has 0 spiro atoms. The van der Waals surface area contributed by atoms with Crippen molar-refractivity contribution in [3.8, 4) is 0 Å². The Balaban J connectivity index is 2.36. The van der Waals surface area contributed by atoms with Gasteiger partial charge in [-0.25, -0.2) is 9.37 Å². The molecule has 0 aliphatic heterocycles. The van der Waals surface area contributed by atoms with Crippen LogP contribution in [0.5, 0.6) is 0 Å². The summed E-state index contributed by atoms with van der Waals surface area (Å²) >= 11 is 0. The number of carbonyl (C=O) groups excluding carboxylic acids is 1. The number of oxime groups is 1. The number of nitrogens with one attached hydrogen (secondary N) is 1. The molecule has 5 nitrogen and oxygen atoms in total. The van der Waals surface area contributed by atoms with Crippen LogP contribution in [0.4, 0.5) is 10.2 Å². The molecule has 1 amide bonds. The molecule has 0 saturated heterocycles. The van der Waals surface area contributed by atoms with Crippen LogP contribution in [0, 0.1) is 12.8 Å². The smallest absolute Gasteiger partial charge is 0.231 e. The van der Waals surface area contributed by atoms with Gasteiger partial charge in [-0.1, -0.05) is 49.9 Å². The Bertz CT molecular complexity index is 1050. The summed E-state index contributed by atoms with van der Waals surface area (Å²) in [6.45, 7) is 13.9. The number of aromatic nitrogens is 1. The van der Waals surface area contributed by atoms with E-state index in [2.05, 4.69) is 47.2 Å². The summed E-state index contributed by atoms with van der Waals surface area (Å²) in [6, 6.07) is 1.80. The Labute approximate surface area is 196 Å². The van der Waals surface area contributed by atoms with E-state index in [4.69, 9.17) is 0 Å². The molecule has 1 aromatic heterocycles. The molecule has 0 radical (unpaired) electrons. The Morgan fingerprint density at radius 2 is 2.12 bits per heavy atom. The van der Waals surface area contributed by atoms with Crippen molar-refractivity contribution >= 4 is 23.5 Å². The molecule has 0 aromatic carbocycles. The third kappa shape index (κ3) is 7.11. The Hall–Kier alpha value is -3.28. The summed E-state index contributed by atoms with van der Waals surface area (Å²) in [5.74, 6) is -0.448. The topological polar surface area (TPSA) is 74.6 Å². The van der Waals surface area contributed by atoms with Crippen LogP contribution in [-0.2, 0) is 4.79 Å². The number of alkyl halides is 1. The highest BCUT2D eigenvalue weighted by Crippen LogP contribution is 2.34.